The average molecular weight is 310 g/mol. The van der Waals surface area contributed by atoms with Crippen molar-refractivity contribution in [2.75, 3.05) is 19.6 Å². The first-order chi connectivity index (χ1) is 8.76. The summed E-state index contributed by atoms with van der Waals surface area (Å²) in [7, 11) is 0. The number of nitrogens with zero attached hydrogens (tertiary/aromatic N) is 3. The van der Waals surface area contributed by atoms with Crippen LogP contribution in [0.3, 0.4) is 0 Å². The van der Waals surface area contributed by atoms with Gasteiger partial charge in [-0.3, -0.25) is 0 Å². The molecule has 0 N–H and O–H groups in total. The van der Waals surface area contributed by atoms with Gasteiger partial charge in [-0.05, 0) is 54.1 Å². The van der Waals surface area contributed by atoms with Crippen molar-refractivity contribution in [2.45, 2.75) is 26.8 Å². The van der Waals surface area contributed by atoms with Gasteiger partial charge in [-0.25, -0.2) is 4.98 Å². The molecule has 0 unspecified atom stereocenters. The van der Waals surface area contributed by atoms with Gasteiger partial charge >= 0.3 is 0 Å². The molecule has 3 nitrogen and oxygen atoms in total. The highest BCUT2D eigenvalue weighted by atomic mass is 79.9. The van der Waals surface area contributed by atoms with E-state index >= 15 is 0 Å². The minimum absolute atomic E-state index is 0.934. The van der Waals surface area contributed by atoms with E-state index in [1.54, 1.807) is 0 Å². The van der Waals surface area contributed by atoms with Crippen LogP contribution in [0.1, 0.15) is 20.3 Å². The van der Waals surface area contributed by atoms with Crippen molar-refractivity contribution in [3.05, 3.63) is 29.0 Å². The highest BCUT2D eigenvalue weighted by Gasteiger charge is 2.07. The van der Waals surface area contributed by atoms with Crippen molar-refractivity contribution in [1.29, 1.82) is 0 Å². The number of rotatable bonds is 6. The Kier molecular flexibility index (Phi) is 4.78. The number of para-hydroxylation sites is 2. The molecule has 0 saturated heterocycles. The summed E-state index contributed by atoms with van der Waals surface area (Å²) in [5, 5.41) is 0. The Labute approximate surface area is 117 Å². The van der Waals surface area contributed by atoms with Crippen LogP contribution in [0.2, 0.25) is 0 Å². The fourth-order valence-electron chi connectivity index (χ4n) is 2.25. The maximum Gasteiger partial charge on any atom is 0.178 e. The third kappa shape index (κ3) is 2.93. The maximum absolute atomic E-state index is 4.52. The van der Waals surface area contributed by atoms with E-state index < -0.39 is 0 Å². The SMILES string of the molecule is CCN(CC)CCCn1c(Br)nc2ccccc21. The molecule has 0 amide bonds. The van der Waals surface area contributed by atoms with Crippen molar-refractivity contribution in [3.63, 3.8) is 0 Å². The minimum atomic E-state index is 0.934. The first kappa shape index (κ1) is 13.6. The number of hydrogen-bond acceptors (Lipinski definition) is 2. The van der Waals surface area contributed by atoms with Crippen LogP contribution in [-0.4, -0.2) is 34.1 Å². The number of hydrogen-bond donors (Lipinski definition) is 0. The van der Waals surface area contributed by atoms with Gasteiger partial charge in [0.2, 0.25) is 0 Å². The van der Waals surface area contributed by atoms with Crippen molar-refractivity contribution >= 4 is 27.0 Å². The standard InChI is InChI=1S/C14H20BrN3/c1-3-17(4-2)10-7-11-18-13-9-6-5-8-12(13)16-14(18)15/h5-6,8-9H,3-4,7,10-11H2,1-2H3. The fraction of sp³-hybridized carbons (Fsp3) is 0.500. The molecule has 0 aliphatic heterocycles. The van der Waals surface area contributed by atoms with Crippen LogP contribution in [0.4, 0.5) is 0 Å². The first-order valence-corrected chi connectivity index (χ1v) is 7.38. The van der Waals surface area contributed by atoms with Gasteiger partial charge in [-0.1, -0.05) is 26.0 Å². The number of fused-ring (bicyclic) bond motifs is 1. The lowest BCUT2D eigenvalue weighted by Gasteiger charge is -2.18. The third-order valence-corrected chi connectivity index (χ3v) is 3.96. The summed E-state index contributed by atoms with van der Waals surface area (Å²) in [4.78, 5) is 6.97. The molecule has 0 saturated carbocycles. The van der Waals surface area contributed by atoms with E-state index in [0.717, 1.165) is 42.9 Å². The molecule has 2 aromatic rings. The molecule has 2 rings (SSSR count). The second-order valence-electron chi connectivity index (χ2n) is 4.40. The predicted octanol–water partition coefficient (Wildman–Crippen LogP) is 3.53. The summed E-state index contributed by atoms with van der Waals surface area (Å²) >= 11 is 3.55. The molecule has 0 atom stereocenters. The molecule has 0 fully saturated rings. The van der Waals surface area contributed by atoms with Gasteiger partial charge in [0.1, 0.15) is 0 Å². The van der Waals surface area contributed by atoms with Gasteiger partial charge in [0.15, 0.2) is 4.73 Å². The lowest BCUT2D eigenvalue weighted by atomic mass is 10.3. The molecule has 1 aromatic carbocycles. The van der Waals surface area contributed by atoms with Crippen LogP contribution < -0.4 is 0 Å². The average Bonchev–Trinajstić information content (AvgIpc) is 2.71. The van der Waals surface area contributed by atoms with Gasteiger partial charge in [-0.15, -0.1) is 0 Å². The van der Waals surface area contributed by atoms with E-state index in [0.29, 0.717) is 0 Å². The van der Waals surface area contributed by atoms with Gasteiger partial charge in [0, 0.05) is 6.54 Å². The van der Waals surface area contributed by atoms with Crippen molar-refractivity contribution < 1.29 is 0 Å². The zero-order valence-electron chi connectivity index (χ0n) is 11.1. The maximum atomic E-state index is 4.52. The van der Waals surface area contributed by atoms with Crippen LogP contribution in [0, 0.1) is 0 Å². The summed E-state index contributed by atoms with van der Waals surface area (Å²) in [5.74, 6) is 0. The predicted molar refractivity (Wildman–Crippen MR) is 79.8 cm³/mol. The normalized spacial score (nSPS) is 11.6. The highest BCUT2D eigenvalue weighted by molar-refractivity contribution is 9.10. The van der Waals surface area contributed by atoms with E-state index in [2.05, 4.69) is 62.4 Å². The largest absolute Gasteiger partial charge is 0.318 e. The zero-order chi connectivity index (χ0) is 13.0. The molecule has 4 heteroatoms. The monoisotopic (exact) mass is 309 g/mol. The summed E-state index contributed by atoms with van der Waals surface area (Å²) in [5.41, 5.74) is 2.27. The van der Waals surface area contributed by atoms with Gasteiger partial charge in [0.05, 0.1) is 11.0 Å². The first-order valence-electron chi connectivity index (χ1n) is 6.59. The molecular weight excluding hydrogens is 290 g/mol. The van der Waals surface area contributed by atoms with Crippen LogP contribution in [0.15, 0.2) is 29.0 Å². The third-order valence-electron chi connectivity index (χ3n) is 3.36. The number of benzene rings is 1. The number of aromatic nitrogens is 2. The lowest BCUT2D eigenvalue weighted by Crippen LogP contribution is -2.24. The van der Waals surface area contributed by atoms with Gasteiger partial charge < -0.3 is 9.47 Å². The summed E-state index contributed by atoms with van der Waals surface area (Å²) in [6.45, 7) is 8.84. The minimum Gasteiger partial charge on any atom is -0.318 e. The molecule has 18 heavy (non-hydrogen) atoms. The molecule has 1 aromatic heterocycles. The second kappa shape index (κ2) is 6.34. The molecule has 1 heterocycles. The van der Waals surface area contributed by atoms with Crippen molar-refractivity contribution in [3.8, 4) is 0 Å². The Bertz CT molecular complexity index is 503. The molecule has 0 bridgehead atoms. The van der Waals surface area contributed by atoms with Crippen molar-refractivity contribution in [2.24, 2.45) is 0 Å². The quantitative estimate of drug-likeness (QED) is 0.814. The van der Waals surface area contributed by atoms with E-state index in [1.165, 1.54) is 5.52 Å². The Morgan fingerprint density at radius 2 is 1.94 bits per heavy atom. The van der Waals surface area contributed by atoms with Crippen LogP contribution in [-0.2, 0) is 6.54 Å². The molecule has 0 spiro atoms. The van der Waals surface area contributed by atoms with E-state index in [1.807, 2.05) is 6.07 Å². The van der Waals surface area contributed by atoms with Gasteiger partial charge in [0.25, 0.3) is 0 Å². The Hall–Kier alpha value is -0.870. The Balaban J connectivity index is 2.05. The van der Waals surface area contributed by atoms with Crippen LogP contribution in [0.5, 0.6) is 0 Å². The summed E-state index contributed by atoms with van der Waals surface area (Å²) < 4.78 is 3.18. The molecule has 98 valence electrons. The molecule has 0 aliphatic carbocycles. The Morgan fingerprint density at radius 1 is 1.22 bits per heavy atom. The number of halogens is 1. The topological polar surface area (TPSA) is 21.1 Å². The fourth-order valence-corrected chi connectivity index (χ4v) is 2.81. The number of imidazole rings is 1. The summed E-state index contributed by atoms with van der Waals surface area (Å²) in [6, 6.07) is 8.28. The van der Waals surface area contributed by atoms with E-state index in [-0.39, 0.29) is 0 Å². The highest BCUT2D eigenvalue weighted by Crippen LogP contribution is 2.20. The van der Waals surface area contributed by atoms with Crippen molar-refractivity contribution in [1.82, 2.24) is 14.5 Å². The van der Waals surface area contributed by atoms with E-state index in [9.17, 15) is 0 Å². The second-order valence-corrected chi connectivity index (χ2v) is 5.11. The van der Waals surface area contributed by atoms with Gasteiger partial charge in [-0.2, -0.15) is 0 Å². The van der Waals surface area contributed by atoms with Crippen LogP contribution in [0.25, 0.3) is 11.0 Å². The smallest absolute Gasteiger partial charge is 0.178 e. The molecule has 0 radical (unpaired) electrons. The lowest BCUT2D eigenvalue weighted by molar-refractivity contribution is 0.293. The van der Waals surface area contributed by atoms with Crippen LogP contribution >= 0.6 is 15.9 Å². The summed E-state index contributed by atoms with van der Waals surface area (Å²) in [6.07, 6.45) is 1.15. The van der Waals surface area contributed by atoms with E-state index in [4.69, 9.17) is 0 Å². The zero-order valence-corrected chi connectivity index (χ0v) is 12.7. The molecular formula is C14H20BrN3. The Morgan fingerprint density at radius 3 is 2.67 bits per heavy atom. The number of aryl methyl sites for hydroxylation is 1. The molecule has 0 aliphatic rings.